The molecule has 19 heavy (non-hydrogen) atoms. The van der Waals surface area contributed by atoms with Crippen molar-refractivity contribution in [3.8, 4) is 0 Å². The van der Waals surface area contributed by atoms with Crippen LogP contribution in [0.25, 0.3) is 0 Å². The van der Waals surface area contributed by atoms with E-state index in [4.69, 9.17) is 9.47 Å². The Balaban J connectivity index is 1.96. The molecule has 3 fully saturated rings. The summed E-state index contributed by atoms with van der Waals surface area (Å²) in [7, 11) is 0. The number of ether oxygens (including phenoxy) is 2. The van der Waals surface area contributed by atoms with E-state index >= 15 is 0 Å². The Hall–Kier alpha value is -1.32. The van der Waals surface area contributed by atoms with Crippen molar-refractivity contribution in [1.82, 2.24) is 0 Å². The molecule has 2 saturated heterocycles. The average molecular weight is 264 g/mol. The maximum atomic E-state index is 11.8. The molecule has 2 heterocycles. The lowest BCUT2D eigenvalue weighted by Gasteiger charge is -2.38. The summed E-state index contributed by atoms with van der Waals surface area (Å²) in [5, 5.41) is 0. The van der Waals surface area contributed by atoms with Gasteiger partial charge in [-0.15, -0.1) is 0 Å². The van der Waals surface area contributed by atoms with Crippen molar-refractivity contribution >= 4 is 11.9 Å². The third-order valence-electron chi connectivity index (χ3n) is 5.10. The Morgan fingerprint density at radius 2 is 1.95 bits per heavy atom. The van der Waals surface area contributed by atoms with Crippen LogP contribution in [0.3, 0.4) is 0 Å². The van der Waals surface area contributed by atoms with Crippen LogP contribution in [-0.4, -0.2) is 24.1 Å². The molecule has 0 aromatic rings. The van der Waals surface area contributed by atoms with E-state index in [1.807, 2.05) is 13.8 Å². The Bertz CT molecular complexity index is 441. The third-order valence-corrected chi connectivity index (χ3v) is 5.10. The van der Waals surface area contributed by atoms with Crippen molar-refractivity contribution in [3.63, 3.8) is 0 Å². The molecule has 0 radical (unpaired) electrons. The number of allylic oxidation sites excluding steroid dienone is 1. The number of carbonyl (C=O) groups is 2. The van der Waals surface area contributed by atoms with Crippen molar-refractivity contribution in [2.75, 3.05) is 0 Å². The summed E-state index contributed by atoms with van der Waals surface area (Å²) in [4.78, 5) is 23.5. The zero-order chi connectivity index (χ0) is 13.7. The molecular formula is C15H20O4. The van der Waals surface area contributed by atoms with Crippen LogP contribution in [0.1, 0.15) is 33.1 Å². The molecule has 1 aliphatic carbocycles. The summed E-state index contributed by atoms with van der Waals surface area (Å²) in [6, 6.07) is 0. The van der Waals surface area contributed by atoms with Gasteiger partial charge in [-0.25, -0.2) is 0 Å². The molecule has 4 nitrogen and oxygen atoms in total. The molecule has 1 saturated carbocycles. The SMILES string of the molecule is C=C1CC[C@@H]2[C@H](OC(=O)[C@H]2C)[C@H]2[C@@H](C)OC(=O)C[C@@H]12. The number of cyclic esters (lactones) is 1. The van der Waals surface area contributed by atoms with Gasteiger partial charge < -0.3 is 9.47 Å². The molecule has 4 heteroatoms. The summed E-state index contributed by atoms with van der Waals surface area (Å²) in [5.74, 6) is 0.0897. The second-order valence-electron chi connectivity index (χ2n) is 6.13. The molecule has 3 aliphatic rings. The number of rotatable bonds is 0. The first-order valence-electron chi connectivity index (χ1n) is 7.06. The van der Waals surface area contributed by atoms with Gasteiger partial charge in [-0.2, -0.15) is 0 Å². The lowest BCUT2D eigenvalue weighted by molar-refractivity contribution is -0.168. The smallest absolute Gasteiger partial charge is 0.309 e. The number of fused-ring (bicyclic) bond motifs is 3. The summed E-state index contributed by atoms with van der Waals surface area (Å²) in [5.41, 5.74) is 1.12. The lowest BCUT2D eigenvalue weighted by Crippen LogP contribution is -2.45. The van der Waals surface area contributed by atoms with E-state index in [2.05, 4.69) is 6.58 Å². The van der Waals surface area contributed by atoms with E-state index < -0.39 is 0 Å². The van der Waals surface area contributed by atoms with Gasteiger partial charge in [0.15, 0.2) is 0 Å². The zero-order valence-corrected chi connectivity index (χ0v) is 11.4. The van der Waals surface area contributed by atoms with Gasteiger partial charge in [-0.1, -0.05) is 19.1 Å². The molecule has 0 spiro atoms. The maximum absolute atomic E-state index is 11.8. The molecule has 0 aromatic heterocycles. The summed E-state index contributed by atoms with van der Waals surface area (Å²) in [6.45, 7) is 7.99. The van der Waals surface area contributed by atoms with Gasteiger partial charge in [0.05, 0.1) is 12.3 Å². The van der Waals surface area contributed by atoms with Crippen LogP contribution in [0, 0.1) is 23.7 Å². The van der Waals surface area contributed by atoms with Crippen molar-refractivity contribution in [2.45, 2.75) is 45.3 Å². The molecule has 6 atom stereocenters. The fraction of sp³-hybridized carbons (Fsp3) is 0.733. The van der Waals surface area contributed by atoms with E-state index in [0.29, 0.717) is 6.42 Å². The highest BCUT2D eigenvalue weighted by Gasteiger charge is 2.53. The number of carbonyl (C=O) groups excluding carboxylic acids is 2. The minimum atomic E-state index is -0.202. The Morgan fingerprint density at radius 1 is 1.21 bits per heavy atom. The molecule has 0 aromatic carbocycles. The number of hydrogen-bond acceptors (Lipinski definition) is 4. The predicted octanol–water partition coefficient (Wildman–Crippen LogP) is 2.08. The van der Waals surface area contributed by atoms with E-state index in [-0.39, 0.29) is 47.8 Å². The van der Waals surface area contributed by atoms with Crippen LogP contribution in [0.4, 0.5) is 0 Å². The highest BCUT2D eigenvalue weighted by atomic mass is 16.6. The first-order valence-corrected chi connectivity index (χ1v) is 7.06. The minimum Gasteiger partial charge on any atom is -0.462 e. The van der Waals surface area contributed by atoms with Crippen LogP contribution in [0.5, 0.6) is 0 Å². The summed E-state index contributed by atoms with van der Waals surface area (Å²) in [6.07, 6.45) is 1.86. The largest absolute Gasteiger partial charge is 0.462 e. The lowest BCUT2D eigenvalue weighted by atomic mass is 9.74. The van der Waals surface area contributed by atoms with E-state index in [0.717, 1.165) is 18.4 Å². The third kappa shape index (κ3) is 1.88. The number of esters is 2. The van der Waals surface area contributed by atoms with Crippen molar-refractivity contribution in [1.29, 1.82) is 0 Å². The van der Waals surface area contributed by atoms with Gasteiger partial charge in [0, 0.05) is 11.8 Å². The highest BCUT2D eigenvalue weighted by molar-refractivity contribution is 5.75. The van der Waals surface area contributed by atoms with Gasteiger partial charge in [0.25, 0.3) is 0 Å². The van der Waals surface area contributed by atoms with E-state index in [1.165, 1.54) is 0 Å². The van der Waals surface area contributed by atoms with Gasteiger partial charge >= 0.3 is 11.9 Å². The predicted molar refractivity (Wildman–Crippen MR) is 68.1 cm³/mol. The standard InChI is InChI=1S/C15H20O4/c1-7-4-5-10-8(2)15(17)19-14(10)13-9(3)18-12(16)6-11(7)13/h8-11,13-14H,1,4-6H2,2-3H3/t8-,9+,10-,11-,13-,14-/m0/s1. The van der Waals surface area contributed by atoms with Crippen LogP contribution in [-0.2, 0) is 19.1 Å². The molecule has 0 unspecified atom stereocenters. The van der Waals surface area contributed by atoms with Crippen LogP contribution >= 0.6 is 0 Å². The second-order valence-corrected chi connectivity index (χ2v) is 6.13. The Morgan fingerprint density at radius 3 is 2.68 bits per heavy atom. The van der Waals surface area contributed by atoms with Gasteiger partial charge in [0.1, 0.15) is 12.2 Å². The van der Waals surface area contributed by atoms with Gasteiger partial charge in [0.2, 0.25) is 0 Å². The van der Waals surface area contributed by atoms with Crippen molar-refractivity contribution < 1.29 is 19.1 Å². The molecule has 104 valence electrons. The molecule has 0 bridgehead atoms. The topological polar surface area (TPSA) is 52.6 Å². The van der Waals surface area contributed by atoms with Crippen LogP contribution < -0.4 is 0 Å². The van der Waals surface area contributed by atoms with Crippen LogP contribution in [0.15, 0.2) is 12.2 Å². The molecule has 0 amide bonds. The fourth-order valence-corrected chi connectivity index (χ4v) is 3.99. The monoisotopic (exact) mass is 264 g/mol. The number of hydrogen-bond donors (Lipinski definition) is 0. The Kier molecular flexibility index (Phi) is 2.91. The second kappa shape index (κ2) is 4.36. The highest BCUT2D eigenvalue weighted by Crippen LogP contribution is 2.48. The van der Waals surface area contributed by atoms with E-state index in [9.17, 15) is 9.59 Å². The molecular weight excluding hydrogens is 244 g/mol. The maximum Gasteiger partial charge on any atom is 0.309 e. The molecule has 0 N–H and O–H groups in total. The average Bonchev–Trinajstić information content (AvgIpc) is 2.53. The fourth-order valence-electron chi connectivity index (χ4n) is 3.99. The molecule has 2 aliphatic heterocycles. The normalized spacial score (nSPS) is 45.9. The Labute approximate surface area is 113 Å². The zero-order valence-electron chi connectivity index (χ0n) is 11.4. The minimum absolute atomic E-state index is 0.0543. The van der Waals surface area contributed by atoms with Gasteiger partial charge in [-0.05, 0) is 25.7 Å². The first kappa shape index (κ1) is 12.7. The van der Waals surface area contributed by atoms with E-state index in [1.54, 1.807) is 0 Å². The van der Waals surface area contributed by atoms with Crippen molar-refractivity contribution in [3.05, 3.63) is 12.2 Å². The summed E-state index contributed by atoms with van der Waals surface area (Å²) < 4.78 is 11.0. The van der Waals surface area contributed by atoms with Crippen LogP contribution in [0.2, 0.25) is 0 Å². The van der Waals surface area contributed by atoms with Crippen molar-refractivity contribution in [2.24, 2.45) is 23.7 Å². The van der Waals surface area contributed by atoms with Gasteiger partial charge in [-0.3, -0.25) is 9.59 Å². The quantitative estimate of drug-likeness (QED) is 0.496. The summed E-state index contributed by atoms with van der Waals surface area (Å²) >= 11 is 0. The first-order chi connectivity index (χ1) is 8.99. The molecule has 3 rings (SSSR count).